The predicted octanol–water partition coefficient (Wildman–Crippen LogP) is 3.15. The molecule has 8 heteroatoms. The number of anilines is 1. The maximum atomic E-state index is 13.4. The molecular weight excluding hydrogens is 353 g/mol. The van der Waals surface area contributed by atoms with Crippen molar-refractivity contribution in [3.05, 3.63) is 59.4 Å². The number of amides is 1. The Morgan fingerprint density at radius 1 is 1.19 bits per heavy atom. The van der Waals surface area contributed by atoms with Gasteiger partial charge in [0.25, 0.3) is 0 Å². The van der Waals surface area contributed by atoms with Crippen LogP contribution in [0.1, 0.15) is 11.1 Å². The lowest BCUT2D eigenvalue weighted by Crippen LogP contribution is -2.17. The van der Waals surface area contributed by atoms with Crippen LogP contribution in [0.4, 0.5) is 10.1 Å². The molecule has 6 nitrogen and oxygen atoms in total. The molecule has 26 heavy (non-hydrogen) atoms. The van der Waals surface area contributed by atoms with Crippen LogP contribution >= 0.6 is 11.8 Å². The number of rotatable bonds is 5. The fraction of sp³-hybridized carbons (Fsp3) is 0.167. The zero-order valence-corrected chi connectivity index (χ0v) is 15.2. The third-order valence-corrected chi connectivity index (χ3v) is 4.77. The quantitative estimate of drug-likeness (QED) is 0.532. The molecule has 2 aromatic carbocycles. The van der Waals surface area contributed by atoms with Crippen LogP contribution in [0, 0.1) is 19.7 Å². The number of carbonyl (C=O) groups excluding carboxylic acids is 1. The SMILES string of the molecule is Cc1cccc(C)c1NC(=O)CSc1nnc(-c2cccc(F)c2)n1N. The number of halogens is 1. The van der Waals surface area contributed by atoms with E-state index in [0.29, 0.717) is 16.5 Å². The number of aromatic nitrogens is 3. The van der Waals surface area contributed by atoms with E-state index in [1.165, 1.54) is 16.8 Å². The Morgan fingerprint density at radius 2 is 1.88 bits per heavy atom. The first kappa shape index (κ1) is 17.9. The number of nitrogens with two attached hydrogens (primary N) is 1. The van der Waals surface area contributed by atoms with Gasteiger partial charge in [-0.15, -0.1) is 10.2 Å². The van der Waals surface area contributed by atoms with Gasteiger partial charge in [-0.25, -0.2) is 9.07 Å². The van der Waals surface area contributed by atoms with Gasteiger partial charge in [-0.1, -0.05) is 42.1 Å². The molecule has 0 saturated carbocycles. The molecule has 0 spiro atoms. The second kappa shape index (κ2) is 7.57. The van der Waals surface area contributed by atoms with Crippen LogP contribution in [0.15, 0.2) is 47.6 Å². The average molecular weight is 371 g/mol. The van der Waals surface area contributed by atoms with Crippen molar-refractivity contribution in [2.75, 3.05) is 16.9 Å². The van der Waals surface area contributed by atoms with Gasteiger partial charge in [0.1, 0.15) is 5.82 Å². The van der Waals surface area contributed by atoms with Crippen molar-refractivity contribution in [3.63, 3.8) is 0 Å². The van der Waals surface area contributed by atoms with Gasteiger partial charge in [-0.3, -0.25) is 4.79 Å². The lowest BCUT2D eigenvalue weighted by atomic mass is 10.1. The normalized spacial score (nSPS) is 10.7. The highest BCUT2D eigenvalue weighted by Crippen LogP contribution is 2.23. The van der Waals surface area contributed by atoms with Crippen LogP contribution < -0.4 is 11.2 Å². The summed E-state index contributed by atoms with van der Waals surface area (Å²) in [4.78, 5) is 12.2. The molecule has 0 atom stereocenters. The Balaban J connectivity index is 1.68. The second-order valence-corrected chi connectivity index (χ2v) is 6.73. The summed E-state index contributed by atoms with van der Waals surface area (Å²) in [6.07, 6.45) is 0. The minimum absolute atomic E-state index is 0.131. The summed E-state index contributed by atoms with van der Waals surface area (Å²) in [5, 5.41) is 11.3. The van der Waals surface area contributed by atoms with E-state index in [1.807, 2.05) is 32.0 Å². The molecule has 0 aliphatic rings. The van der Waals surface area contributed by atoms with Crippen molar-refractivity contribution >= 4 is 23.4 Å². The topological polar surface area (TPSA) is 85.8 Å². The van der Waals surface area contributed by atoms with E-state index >= 15 is 0 Å². The number of hydrogen-bond acceptors (Lipinski definition) is 5. The molecule has 1 heterocycles. The fourth-order valence-electron chi connectivity index (χ4n) is 2.52. The fourth-order valence-corrected chi connectivity index (χ4v) is 3.17. The number of hydrogen-bond donors (Lipinski definition) is 2. The molecule has 0 aliphatic carbocycles. The zero-order valence-electron chi connectivity index (χ0n) is 14.4. The first-order valence-corrected chi connectivity index (χ1v) is 8.89. The molecular formula is C18H18FN5OS. The van der Waals surface area contributed by atoms with Gasteiger partial charge in [0.15, 0.2) is 5.82 Å². The number of nitrogens with zero attached hydrogens (tertiary/aromatic N) is 3. The number of para-hydroxylation sites is 1. The van der Waals surface area contributed by atoms with E-state index in [0.717, 1.165) is 28.6 Å². The van der Waals surface area contributed by atoms with Crippen LogP contribution in [-0.4, -0.2) is 26.5 Å². The first-order valence-electron chi connectivity index (χ1n) is 7.91. The molecule has 134 valence electrons. The van der Waals surface area contributed by atoms with Crippen molar-refractivity contribution in [2.24, 2.45) is 0 Å². The number of nitrogens with one attached hydrogen (secondary N) is 1. The van der Waals surface area contributed by atoms with Gasteiger partial charge in [0.2, 0.25) is 11.1 Å². The molecule has 0 unspecified atom stereocenters. The average Bonchev–Trinajstić information content (AvgIpc) is 2.97. The van der Waals surface area contributed by atoms with Crippen LogP contribution in [-0.2, 0) is 4.79 Å². The Kier molecular flexibility index (Phi) is 5.22. The Hall–Kier alpha value is -2.87. The summed E-state index contributed by atoms with van der Waals surface area (Å²) in [6.45, 7) is 3.88. The number of carbonyl (C=O) groups is 1. The van der Waals surface area contributed by atoms with Crippen LogP contribution in [0.3, 0.4) is 0 Å². The summed E-state index contributed by atoms with van der Waals surface area (Å²) in [7, 11) is 0. The lowest BCUT2D eigenvalue weighted by Gasteiger charge is -2.11. The molecule has 0 saturated heterocycles. The third-order valence-electron chi connectivity index (χ3n) is 3.83. The first-order chi connectivity index (χ1) is 12.5. The smallest absolute Gasteiger partial charge is 0.234 e. The minimum Gasteiger partial charge on any atom is -0.335 e. The van der Waals surface area contributed by atoms with Crippen LogP contribution in [0.5, 0.6) is 0 Å². The highest BCUT2D eigenvalue weighted by atomic mass is 32.2. The summed E-state index contributed by atoms with van der Waals surface area (Å²) in [5.74, 6) is 5.91. The number of aryl methyl sites for hydroxylation is 2. The van der Waals surface area contributed by atoms with Crippen LogP contribution in [0.25, 0.3) is 11.4 Å². The summed E-state index contributed by atoms with van der Waals surface area (Å²) in [5.41, 5.74) is 3.33. The van der Waals surface area contributed by atoms with Crippen molar-refractivity contribution in [2.45, 2.75) is 19.0 Å². The van der Waals surface area contributed by atoms with E-state index in [-0.39, 0.29) is 17.5 Å². The molecule has 3 rings (SSSR count). The van der Waals surface area contributed by atoms with Gasteiger partial charge in [-0.2, -0.15) is 0 Å². The van der Waals surface area contributed by atoms with E-state index in [4.69, 9.17) is 5.84 Å². The molecule has 3 aromatic rings. The molecule has 0 bridgehead atoms. The standard InChI is InChI=1S/C18H18FN5OS/c1-11-5-3-6-12(2)16(11)21-15(25)10-26-18-23-22-17(24(18)20)13-7-4-8-14(19)9-13/h3-9H,10,20H2,1-2H3,(H,21,25). The molecule has 0 fully saturated rings. The highest BCUT2D eigenvalue weighted by molar-refractivity contribution is 7.99. The Morgan fingerprint density at radius 3 is 2.58 bits per heavy atom. The maximum absolute atomic E-state index is 13.4. The summed E-state index contributed by atoms with van der Waals surface area (Å²) >= 11 is 1.16. The maximum Gasteiger partial charge on any atom is 0.234 e. The Labute approximate surface area is 154 Å². The number of thioether (sulfide) groups is 1. The van der Waals surface area contributed by atoms with E-state index in [1.54, 1.807) is 12.1 Å². The third kappa shape index (κ3) is 3.85. The van der Waals surface area contributed by atoms with Crippen molar-refractivity contribution in [1.29, 1.82) is 0 Å². The van der Waals surface area contributed by atoms with Crippen molar-refractivity contribution in [1.82, 2.24) is 14.9 Å². The zero-order chi connectivity index (χ0) is 18.7. The summed E-state index contributed by atoms with van der Waals surface area (Å²) in [6, 6.07) is 11.8. The van der Waals surface area contributed by atoms with Crippen molar-refractivity contribution < 1.29 is 9.18 Å². The van der Waals surface area contributed by atoms with E-state index in [9.17, 15) is 9.18 Å². The molecule has 0 aliphatic heterocycles. The minimum atomic E-state index is -0.382. The Bertz CT molecular complexity index is 936. The van der Waals surface area contributed by atoms with Gasteiger partial charge in [-0.05, 0) is 37.1 Å². The number of nitrogen functional groups attached to an aromatic ring is 1. The lowest BCUT2D eigenvalue weighted by molar-refractivity contribution is -0.113. The van der Waals surface area contributed by atoms with Gasteiger partial charge < -0.3 is 11.2 Å². The highest BCUT2D eigenvalue weighted by Gasteiger charge is 2.15. The molecule has 1 amide bonds. The van der Waals surface area contributed by atoms with Gasteiger partial charge >= 0.3 is 0 Å². The van der Waals surface area contributed by atoms with E-state index in [2.05, 4.69) is 15.5 Å². The van der Waals surface area contributed by atoms with E-state index < -0.39 is 0 Å². The van der Waals surface area contributed by atoms with Crippen LogP contribution in [0.2, 0.25) is 0 Å². The monoisotopic (exact) mass is 371 g/mol. The summed E-state index contributed by atoms with van der Waals surface area (Å²) < 4.78 is 14.6. The molecule has 0 radical (unpaired) electrons. The predicted molar refractivity (Wildman–Crippen MR) is 101 cm³/mol. The van der Waals surface area contributed by atoms with Gasteiger partial charge in [0.05, 0.1) is 5.75 Å². The second-order valence-electron chi connectivity index (χ2n) is 5.79. The number of benzene rings is 2. The molecule has 3 N–H and O–H groups in total. The molecule has 1 aromatic heterocycles. The van der Waals surface area contributed by atoms with Crippen molar-refractivity contribution in [3.8, 4) is 11.4 Å². The largest absolute Gasteiger partial charge is 0.335 e. The van der Waals surface area contributed by atoms with Gasteiger partial charge in [0, 0.05) is 11.3 Å².